The molecule has 0 aliphatic carbocycles. The van der Waals surface area contributed by atoms with Crippen LogP contribution in [0.2, 0.25) is 0 Å². The van der Waals surface area contributed by atoms with Crippen LogP contribution in [0.25, 0.3) is 0 Å². The van der Waals surface area contributed by atoms with E-state index in [0.717, 1.165) is 4.90 Å². The van der Waals surface area contributed by atoms with E-state index in [9.17, 15) is 9.59 Å². The van der Waals surface area contributed by atoms with Gasteiger partial charge in [0.2, 0.25) is 0 Å². The van der Waals surface area contributed by atoms with Gasteiger partial charge in [-0.1, -0.05) is 6.92 Å². The van der Waals surface area contributed by atoms with Crippen LogP contribution in [0.15, 0.2) is 0 Å². The molecular weight excluding hydrogens is 230 g/mol. The number of amides is 1. The third-order valence-electron chi connectivity index (χ3n) is 1.83. The number of carbonyl (C=O) groups excluding carboxylic acids is 1. The Balaban J connectivity index is 4.71. The summed E-state index contributed by atoms with van der Waals surface area (Å²) in [6.07, 6.45) is -0.341. The van der Waals surface area contributed by atoms with Gasteiger partial charge in [-0.2, -0.15) is 12.6 Å². The first-order chi connectivity index (χ1) is 7.22. The lowest BCUT2D eigenvalue weighted by Crippen LogP contribution is -2.46. The van der Waals surface area contributed by atoms with Gasteiger partial charge in [0.1, 0.15) is 11.6 Å². The Labute approximate surface area is 101 Å². The minimum absolute atomic E-state index is 0.0136. The number of thiol groups is 1. The molecule has 0 aliphatic rings. The molecule has 5 nitrogen and oxygen atoms in total. The van der Waals surface area contributed by atoms with Crippen molar-refractivity contribution < 1.29 is 19.4 Å². The molecule has 0 aliphatic heterocycles. The molecule has 1 atom stereocenters. The fourth-order valence-corrected chi connectivity index (χ4v) is 1.45. The number of aliphatic carboxylic acids is 1. The van der Waals surface area contributed by atoms with Crippen LogP contribution in [0, 0.1) is 0 Å². The minimum atomic E-state index is -1.05. The SMILES string of the molecule is CC[C@@H](C(=O)O)N(CS)C(=O)OC(C)(C)C. The zero-order valence-corrected chi connectivity index (χ0v) is 11.0. The van der Waals surface area contributed by atoms with Crippen LogP contribution in [0.5, 0.6) is 0 Å². The summed E-state index contributed by atoms with van der Waals surface area (Å²) in [6.45, 7) is 6.87. The Morgan fingerprint density at radius 1 is 1.44 bits per heavy atom. The summed E-state index contributed by atoms with van der Waals surface area (Å²) in [6, 6.07) is -0.896. The number of ether oxygens (including phenoxy) is 1. The van der Waals surface area contributed by atoms with Gasteiger partial charge in [-0.15, -0.1) is 0 Å². The van der Waals surface area contributed by atoms with Gasteiger partial charge in [-0.3, -0.25) is 4.90 Å². The standard InChI is InChI=1S/C10H19NO4S/c1-5-7(8(12)13)11(6-16)9(14)15-10(2,3)4/h7,16H,5-6H2,1-4H3,(H,12,13)/t7-/m0/s1. The summed E-state index contributed by atoms with van der Waals surface area (Å²) in [5.74, 6) is -1.04. The second-order valence-corrected chi connectivity index (χ2v) is 4.64. The summed E-state index contributed by atoms with van der Waals surface area (Å²) < 4.78 is 5.10. The van der Waals surface area contributed by atoms with Crippen LogP contribution in [0.4, 0.5) is 4.79 Å². The number of hydrogen-bond donors (Lipinski definition) is 2. The lowest BCUT2D eigenvalue weighted by molar-refractivity contribution is -0.142. The van der Waals surface area contributed by atoms with E-state index in [0.29, 0.717) is 6.42 Å². The molecule has 94 valence electrons. The lowest BCUT2D eigenvalue weighted by atomic mass is 10.2. The van der Waals surface area contributed by atoms with Gasteiger partial charge in [0, 0.05) is 0 Å². The number of hydrogen-bond acceptors (Lipinski definition) is 4. The fraction of sp³-hybridized carbons (Fsp3) is 0.800. The van der Waals surface area contributed by atoms with E-state index in [1.54, 1.807) is 27.7 Å². The molecule has 0 saturated heterocycles. The maximum Gasteiger partial charge on any atom is 0.411 e. The van der Waals surface area contributed by atoms with Crippen molar-refractivity contribution in [3.05, 3.63) is 0 Å². The Morgan fingerprint density at radius 3 is 2.19 bits per heavy atom. The van der Waals surface area contributed by atoms with Crippen molar-refractivity contribution in [1.82, 2.24) is 4.90 Å². The van der Waals surface area contributed by atoms with Crippen LogP contribution in [-0.2, 0) is 9.53 Å². The first kappa shape index (κ1) is 15.1. The minimum Gasteiger partial charge on any atom is -0.480 e. The largest absolute Gasteiger partial charge is 0.480 e. The molecule has 0 saturated carbocycles. The van der Waals surface area contributed by atoms with Gasteiger partial charge >= 0.3 is 12.1 Å². The van der Waals surface area contributed by atoms with Gasteiger partial charge in [0.25, 0.3) is 0 Å². The first-order valence-corrected chi connectivity index (χ1v) is 5.69. The van der Waals surface area contributed by atoms with Crippen molar-refractivity contribution in [2.45, 2.75) is 45.8 Å². The summed E-state index contributed by atoms with van der Waals surface area (Å²) >= 11 is 3.95. The van der Waals surface area contributed by atoms with E-state index < -0.39 is 23.7 Å². The summed E-state index contributed by atoms with van der Waals surface area (Å²) in [5.41, 5.74) is -0.644. The smallest absolute Gasteiger partial charge is 0.411 e. The molecule has 16 heavy (non-hydrogen) atoms. The molecule has 6 heteroatoms. The van der Waals surface area contributed by atoms with Gasteiger partial charge < -0.3 is 9.84 Å². The van der Waals surface area contributed by atoms with E-state index in [1.807, 2.05) is 0 Å². The van der Waals surface area contributed by atoms with Crippen LogP contribution >= 0.6 is 12.6 Å². The molecule has 1 amide bonds. The number of carbonyl (C=O) groups is 2. The van der Waals surface area contributed by atoms with E-state index >= 15 is 0 Å². The van der Waals surface area contributed by atoms with Gasteiger partial charge in [-0.25, -0.2) is 9.59 Å². The van der Waals surface area contributed by atoms with Crippen LogP contribution < -0.4 is 0 Å². The normalized spacial score (nSPS) is 13.1. The molecule has 0 unspecified atom stereocenters. The highest BCUT2D eigenvalue weighted by Gasteiger charge is 2.30. The predicted molar refractivity (Wildman–Crippen MR) is 63.6 cm³/mol. The monoisotopic (exact) mass is 249 g/mol. The highest BCUT2D eigenvalue weighted by atomic mass is 32.1. The van der Waals surface area contributed by atoms with Crippen molar-refractivity contribution in [2.75, 3.05) is 5.88 Å². The van der Waals surface area contributed by atoms with E-state index in [4.69, 9.17) is 9.84 Å². The molecular formula is C10H19NO4S. The Hall–Kier alpha value is -0.910. The molecule has 0 aromatic carbocycles. The number of nitrogens with zero attached hydrogens (tertiary/aromatic N) is 1. The molecule has 0 spiro atoms. The quantitative estimate of drug-likeness (QED) is 0.590. The molecule has 0 radical (unpaired) electrons. The van der Waals surface area contributed by atoms with E-state index in [-0.39, 0.29) is 5.88 Å². The molecule has 0 rings (SSSR count). The molecule has 1 N–H and O–H groups in total. The molecule has 0 aromatic heterocycles. The summed E-state index contributed by atoms with van der Waals surface area (Å²) in [4.78, 5) is 23.7. The highest BCUT2D eigenvalue weighted by molar-refractivity contribution is 7.80. The zero-order chi connectivity index (χ0) is 12.9. The van der Waals surface area contributed by atoms with Crippen LogP contribution in [-0.4, -0.2) is 39.6 Å². The maximum absolute atomic E-state index is 11.7. The van der Waals surface area contributed by atoms with Crippen molar-refractivity contribution in [3.8, 4) is 0 Å². The second kappa shape index (κ2) is 5.98. The van der Waals surface area contributed by atoms with Crippen molar-refractivity contribution >= 4 is 24.7 Å². The summed E-state index contributed by atoms with van der Waals surface area (Å²) in [5, 5.41) is 8.94. The predicted octanol–water partition coefficient (Wildman–Crippen LogP) is 1.97. The van der Waals surface area contributed by atoms with Crippen molar-refractivity contribution in [3.63, 3.8) is 0 Å². The third kappa shape index (κ3) is 4.74. The van der Waals surface area contributed by atoms with E-state index in [2.05, 4.69) is 12.6 Å². The van der Waals surface area contributed by atoms with Crippen molar-refractivity contribution in [2.24, 2.45) is 0 Å². The van der Waals surface area contributed by atoms with Crippen LogP contribution in [0.3, 0.4) is 0 Å². The number of carboxylic acid groups (broad SMARTS) is 1. The number of rotatable bonds is 4. The second-order valence-electron chi connectivity index (χ2n) is 4.35. The molecule has 0 aromatic rings. The Kier molecular flexibility index (Phi) is 5.64. The fourth-order valence-electron chi connectivity index (χ4n) is 1.13. The average Bonchev–Trinajstić information content (AvgIpc) is 2.09. The number of carboxylic acids is 1. The molecule has 0 fully saturated rings. The van der Waals surface area contributed by atoms with E-state index in [1.165, 1.54) is 0 Å². The maximum atomic E-state index is 11.7. The first-order valence-electron chi connectivity index (χ1n) is 5.06. The van der Waals surface area contributed by atoms with Gasteiger partial charge in [0.15, 0.2) is 0 Å². The zero-order valence-electron chi connectivity index (χ0n) is 10.1. The Bertz CT molecular complexity index is 262. The van der Waals surface area contributed by atoms with Crippen molar-refractivity contribution in [1.29, 1.82) is 0 Å². The summed E-state index contributed by atoms with van der Waals surface area (Å²) in [7, 11) is 0. The van der Waals surface area contributed by atoms with Gasteiger partial charge in [-0.05, 0) is 27.2 Å². The Morgan fingerprint density at radius 2 is 1.94 bits per heavy atom. The third-order valence-corrected chi connectivity index (χ3v) is 2.13. The topological polar surface area (TPSA) is 66.8 Å². The lowest BCUT2D eigenvalue weighted by Gasteiger charge is -2.29. The highest BCUT2D eigenvalue weighted by Crippen LogP contribution is 2.14. The van der Waals surface area contributed by atoms with Crippen LogP contribution in [0.1, 0.15) is 34.1 Å². The van der Waals surface area contributed by atoms with Gasteiger partial charge in [0.05, 0.1) is 5.88 Å². The molecule has 0 heterocycles. The average molecular weight is 249 g/mol. The molecule has 0 bridgehead atoms.